The van der Waals surface area contributed by atoms with Gasteiger partial charge in [0, 0.05) is 4.47 Å². The number of halogens is 1. The fraction of sp³-hybridized carbons (Fsp3) is 0.0909. The van der Waals surface area contributed by atoms with E-state index in [0.717, 1.165) is 10.2 Å². The van der Waals surface area contributed by atoms with Crippen LogP contribution in [0.2, 0.25) is 0 Å². The fourth-order valence-corrected chi connectivity index (χ4v) is 2.76. The van der Waals surface area contributed by atoms with Crippen molar-refractivity contribution in [2.45, 2.75) is 0 Å². The summed E-state index contributed by atoms with van der Waals surface area (Å²) in [5, 5.41) is 0. The highest BCUT2D eigenvalue weighted by Crippen LogP contribution is 2.23. The lowest BCUT2D eigenvalue weighted by molar-refractivity contribution is 0.0733. The van der Waals surface area contributed by atoms with Gasteiger partial charge >= 0.3 is 5.97 Å². The zero-order valence-electron chi connectivity index (χ0n) is 14.8. The molecule has 0 amide bonds. The van der Waals surface area contributed by atoms with Gasteiger partial charge < -0.3 is 14.2 Å². The van der Waals surface area contributed by atoms with E-state index in [2.05, 4.69) is 15.9 Å². The van der Waals surface area contributed by atoms with E-state index in [1.807, 2.05) is 30.3 Å². The molecule has 3 aromatic rings. The highest BCUT2D eigenvalue weighted by molar-refractivity contribution is 9.10. The van der Waals surface area contributed by atoms with Gasteiger partial charge in [0.2, 0.25) is 0 Å². The predicted octanol–water partition coefficient (Wildman–Crippen LogP) is 4.94. The van der Waals surface area contributed by atoms with Crippen molar-refractivity contribution in [2.75, 3.05) is 13.2 Å². The Morgan fingerprint density at radius 2 is 1.50 bits per heavy atom. The first-order valence-corrected chi connectivity index (χ1v) is 9.32. The Labute approximate surface area is 171 Å². The number of aldehydes is 1. The van der Waals surface area contributed by atoms with Gasteiger partial charge in [-0.3, -0.25) is 4.79 Å². The van der Waals surface area contributed by atoms with Gasteiger partial charge in [-0.2, -0.15) is 0 Å². The topological polar surface area (TPSA) is 61.8 Å². The van der Waals surface area contributed by atoms with Gasteiger partial charge in [0.05, 0.1) is 11.1 Å². The van der Waals surface area contributed by atoms with Crippen molar-refractivity contribution >= 4 is 28.2 Å². The van der Waals surface area contributed by atoms with Crippen molar-refractivity contribution in [3.05, 3.63) is 88.4 Å². The van der Waals surface area contributed by atoms with Gasteiger partial charge in [0.1, 0.15) is 30.5 Å². The average Bonchev–Trinajstić information content (AvgIpc) is 2.73. The Hall–Kier alpha value is -3.12. The number of carbonyl (C=O) groups is 2. The number of benzene rings is 3. The van der Waals surface area contributed by atoms with E-state index in [4.69, 9.17) is 14.2 Å². The predicted molar refractivity (Wildman–Crippen MR) is 108 cm³/mol. The van der Waals surface area contributed by atoms with Crippen LogP contribution in [-0.2, 0) is 0 Å². The monoisotopic (exact) mass is 440 g/mol. The maximum Gasteiger partial charge on any atom is 0.343 e. The van der Waals surface area contributed by atoms with Gasteiger partial charge in [-0.1, -0.05) is 34.1 Å². The number of ether oxygens (including phenoxy) is 3. The molecule has 0 heterocycles. The molecule has 0 unspecified atom stereocenters. The summed E-state index contributed by atoms with van der Waals surface area (Å²) < 4.78 is 17.2. The molecule has 0 saturated heterocycles. The van der Waals surface area contributed by atoms with Crippen LogP contribution in [0.4, 0.5) is 0 Å². The number of para-hydroxylation sites is 1. The SMILES string of the molecule is O=Cc1cc(Br)ccc1OC(=O)c1ccc(OCCOc2ccccc2)cc1. The Balaban J connectivity index is 1.52. The van der Waals surface area contributed by atoms with Crippen LogP contribution in [0.15, 0.2) is 77.3 Å². The van der Waals surface area contributed by atoms with Crippen molar-refractivity contribution in [1.29, 1.82) is 0 Å². The van der Waals surface area contributed by atoms with Crippen LogP contribution >= 0.6 is 15.9 Å². The molecule has 0 radical (unpaired) electrons. The summed E-state index contributed by atoms with van der Waals surface area (Å²) in [5.74, 6) is 1.06. The third kappa shape index (κ3) is 5.44. The minimum Gasteiger partial charge on any atom is -0.490 e. The van der Waals surface area contributed by atoms with Crippen molar-refractivity contribution in [3.8, 4) is 17.2 Å². The normalized spacial score (nSPS) is 10.2. The minimum absolute atomic E-state index is 0.210. The first kappa shape index (κ1) is 19.6. The molecule has 0 spiro atoms. The molecule has 3 rings (SSSR count). The van der Waals surface area contributed by atoms with Gasteiger partial charge in [0.15, 0.2) is 6.29 Å². The lowest BCUT2D eigenvalue weighted by Gasteiger charge is -2.09. The molecule has 0 saturated carbocycles. The molecule has 6 heteroatoms. The molecule has 28 heavy (non-hydrogen) atoms. The Bertz CT molecular complexity index is 939. The van der Waals surface area contributed by atoms with Crippen LogP contribution in [0, 0.1) is 0 Å². The smallest absolute Gasteiger partial charge is 0.343 e. The maximum atomic E-state index is 12.3. The molecule has 0 fully saturated rings. The Morgan fingerprint density at radius 3 is 2.14 bits per heavy atom. The number of carbonyl (C=O) groups excluding carboxylic acids is 2. The number of esters is 1. The molecule has 142 valence electrons. The lowest BCUT2D eigenvalue weighted by Crippen LogP contribution is -2.11. The third-order valence-electron chi connectivity index (χ3n) is 3.76. The second-order valence-corrected chi connectivity index (χ2v) is 6.64. The van der Waals surface area contributed by atoms with E-state index < -0.39 is 5.97 Å². The molecule has 0 atom stereocenters. The molecule has 5 nitrogen and oxygen atoms in total. The highest BCUT2D eigenvalue weighted by atomic mass is 79.9. The molecular weight excluding hydrogens is 424 g/mol. The standard InChI is InChI=1S/C22H17BrO5/c23-18-8-11-21(17(14-18)15-24)28-22(25)16-6-9-20(10-7-16)27-13-12-26-19-4-2-1-3-5-19/h1-11,14-15H,12-13H2. The first-order valence-electron chi connectivity index (χ1n) is 8.53. The minimum atomic E-state index is -0.551. The van der Waals surface area contributed by atoms with Crippen LogP contribution in [0.5, 0.6) is 17.2 Å². The molecule has 0 aliphatic heterocycles. The molecular formula is C22H17BrO5. The summed E-state index contributed by atoms with van der Waals surface area (Å²) in [6.45, 7) is 0.784. The first-order chi connectivity index (χ1) is 13.7. The molecule has 0 aliphatic rings. The zero-order valence-corrected chi connectivity index (χ0v) is 16.4. The summed E-state index contributed by atoms with van der Waals surface area (Å²) in [4.78, 5) is 23.4. The largest absolute Gasteiger partial charge is 0.490 e. The van der Waals surface area contributed by atoms with Crippen LogP contribution in [0.3, 0.4) is 0 Å². The maximum absolute atomic E-state index is 12.3. The van der Waals surface area contributed by atoms with E-state index >= 15 is 0 Å². The molecule has 0 bridgehead atoms. The van der Waals surface area contributed by atoms with E-state index in [1.54, 1.807) is 42.5 Å². The lowest BCUT2D eigenvalue weighted by atomic mass is 10.2. The highest BCUT2D eigenvalue weighted by Gasteiger charge is 2.12. The number of hydrogen-bond acceptors (Lipinski definition) is 5. The van der Waals surface area contributed by atoms with E-state index in [-0.39, 0.29) is 5.75 Å². The van der Waals surface area contributed by atoms with Gasteiger partial charge in [0.25, 0.3) is 0 Å². The van der Waals surface area contributed by atoms with Gasteiger partial charge in [-0.05, 0) is 54.6 Å². The summed E-state index contributed by atoms with van der Waals surface area (Å²) in [6, 6.07) is 20.9. The number of hydrogen-bond donors (Lipinski definition) is 0. The van der Waals surface area contributed by atoms with Gasteiger partial charge in [-0.15, -0.1) is 0 Å². The average molecular weight is 441 g/mol. The van der Waals surface area contributed by atoms with E-state index in [9.17, 15) is 9.59 Å². The molecule has 0 aliphatic carbocycles. The van der Waals surface area contributed by atoms with Crippen LogP contribution < -0.4 is 14.2 Å². The Kier molecular flexibility index (Phi) is 6.81. The molecule has 0 N–H and O–H groups in total. The van der Waals surface area contributed by atoms with E-state index in [0.29, 0.717) is 36.4 Å². The van der Waals surface area contributed by atoms with E-state index in [1.165, 1.54) is 0 Å². The van der Waals surface area contributed by atoms with Gasteiger partial charge in [-0.25, -0.2) is 4.79 Å². The van der Waals surface area contributed by atoms with Crippen LogP contribution in [-0.4, -0.2) is 25.5 Å². The van der Waals surface area contributed by atoms with Crippen molar-refractivity contribution in [1.82, 2.24) is 0 Å². The fourth-order valence-electron chi connectivity index (χ4n) is 2.39. The molecule has 0 aromatic heterocycles. The third-order valence-corrected chi connectivity index (χ3v) is 4.25. The summed E-state index contributed by atoms with van der Waals surface area (Å²) in [6.07, 6.45) is 0.641. The number of rotatable bonds is 8. The van der Waals surface area contributed by atoms with Crippen molar-refractivity contribution < 1.29 is 23.8 Å². The molecule has 3 aromatic carbocycles. The van der Waals surface area contributed by atoms with Crippen LogP contribution in [0.25, 0.3) is 0 Å². The van der Waals surface area contributed by atoms with Crippen LogP contribution in [0.1, 0.15) is 20.7 Å². The summed E-state index contributed by atoms with van der Waals surface area (Å²) in [7, 11) is 0. The van der Waals surface area contributed by atoms with Crippen molar-refractivity contribution in [2.24, 2.45) is 0 Å². The quantitative estimate of drug-likeness (QED) is 0.215. The second kappa shape index (κ2) is 9.71. The Morgan fingerprint density at radius 1 is 0.857 bits per heavy atom. The second-order valence-electron chi connectivity index (χ2n) is 5.72. The zero-order chi connectivity index (χ0) is 19.8. The summed E-state index contributed by atoms with van der Waals surface area (Å²) >= 11 is 3.27. The van der Waals surface area contributed by atoms with Crippen molar-refractivity contribution in [3.63, 3.8) is 0 Å². The summed E-state index contributed by atoms with van der Waals surface area (Å²) in [5.41, 5.74) is 0.647.